The summed E-state index contributed by atoms with van der Waals surface area (Å²) in [4.78, 5) is 33.1. The third-order valence-electron chi connectivity index (χ3n) is 7.00. The van der Waals surface area contributed by atoms with E-state index in [4.69, 9.17) is 0 Å². The minimum Gasteiger partial charge on any atom is -0.392 e. The Balaban J connectivity index is 1.81. The molecule has 2 amide bonds. The second kappa shape index (κ2) is 13.3. The van der Waals surface area contributed by atoms with Crippen LogP contribution in [0.15, 0.2) is 77.7 Å². The number of carbonyl (C=O) groups is 2. The Morgan fingerprint density at radius 2 is 1.82 bits per heavy atom. The molecule has 0 aliphatic carbocycles. The van der Waals surface area contributed by atoms with E-state index in [0.29, 0.717) is 13.1 Å². The number of aryl methyl sites for hydroxylation is 1. The summed E-state index contributed by atoms with van der Waals surface area (Å²) in [7, 11) is 4.03. The Morgan fingerprint density at radius 3 is 2.46 bits per heavy atom. The number of hydrogen-bond acceptors (Lipinski definition) is 5. The Bertz CT molecular complexity index is 1290. The lowest BCUT2D eigenvalue weighted by Crippen LogP contribution is -2.48. The van der Waals surface area contributed by atoms with Crippen molar-refractivity contribution in [2.24, 2.45) is 0 Å². The highest BCUT2D eigenvalue weighted by atomic mass is 127. The normalized spacial score (nSPS) is 19.1. The van der Waals surface area contributed by atoms with Gasteiger partial charge in [0.05, 0.1) is 19.1 Å². The fraction of sp³-hybridized carbons (Fsp3) is 0.355. The quantitative estimate of drug-likeness (QED) is 0.220. The molecular weight excluding hydrogens is 621 g/mol. The van der Waals surface area contributed by atoms with Gasteiger partial charge in [-0.2, -0.15) is 0 Å². The first-order valence-electron chi connectivity index (χ1n) is 13.1. The highest BCUT2D eigenvalue weighted by Crippen LogP contribution is 2.54. The van der Waals surface area contributed by atoms with E-state index in [2.05, 4.69) is 32.8 Å². The minimum absolute atomic E-state index is 0.0473. The summed E-state index contributed by atoms with van der Waals surface area (Å²) in [5, 5.41) is 12.9. The molecule has 206 valence electrons. The molecule has 0 saturated carbocycles. The van der Waals surface area contributed by atoms with Gasteiger partial charge in [0, 0.05) is 21.6 Å². The van der Waals surface area contributed by atoms with Crippen molar-refractivity contribution in [3.05, 3.63) is 98.6 Å². The Labute approximate surface area is 249 Å². The third-order valence-corrected chi connectivity index (χ3v) is 9.36. The molecule has 2 N–H and O–H groups in total. The number of amides is 2. The van der Waals surface area contributed by atoms with Crippen LogP contribution < -0.4 is 5.32 Å². The van der Waals surface area contributed by atoms with E-state index >= 15 is 0 Å². The van der Waals surface area contributed by atoms with Crippen LogP contribution in [0.4, 0.5) is 0 Å². The highest BCUT2D eigenvalue weighted by molar-refractivity contribution is 14.1. The SMILES string of the molecule is Cc1ccc(S[C@]2(C(=O)NCCCN(C)C)CC(=O)N(Cc3ccccc3)[C@@H]2c2ccc(CO)cc2I)cc1. The smallest absolute Gasteiger partial charge is 0.239 e. The summed E-state index contributed by atoms with van der Waals surface area (Å²) in [6.07, 6.45) is 0.916. The molecule has 1 saturated heterocycles. The molecule has 8 heteroatoms. The van der Waals surface area contributed by atoms with Crippen molar-refractivity contribution in [1.29, 1.82) is 0 Å². The molecule has 2 atom stereocenters. The zero-order valence-corrected chi connectivity index (χ0v) is 25.7. The predicted molar refractivity (Wildman–Crippen MR) is 165 cm³/mol. The predicted octanol–water partition coefficient (Wildman–Crippen LogP) is 5.16. The van der Waals surface area contributed by atoms with Crippen molar-refractivity contribution in [3.8, 4) is 0 Å². The van der Waals surface area contributed by atoms with E-state index in [1.54, 1.807) is 0 Å². The number of thioether (sulfide) groups is 1. The van der Waals surface area contributed by atoms with Crippen LogP contribution in [-0.2, 0) is 22.7 Å². The van der Waals surface area contributed by atoms with Gasteiger partial charge in [-0.15, -0.1) is 11.8 Å². The molecule has 0 radical (unpaired) electrons. The number of nitrogens with one attached hydrogen (secondary N) is 1. The molecule has 0 bridgehead atoms. The highest BCUT2D eigenvalue weighted by Gasteiger charge is 2.58. The lowest BCUT2D eigenvalue weighted by Gasteiger charge is -2.37. The molecule has 1 aliphatic rings. The van der Waals surface area contributed by atoms with Gasteiger partial charge in [-0.05, 0) is 91.5 Å². The van der Waals surface area contributed by atoms with Crippen LogP contribution in [0.1, 0.15) is 41.1 Å². The van der Waals surface area contributed by atoms with Gasteiger partial charge in [-0.25, -0.2) is 0 Å². The minimum atomic E-state index is -1.07. The molecule has 0 spiro atoms. The Kier molecular flexibility index (Phi) is 10.1. The maximum atomic E-state index is 14.3. The van der Waals surface area contributed by atoms with Gasteiger partial charge >= 0.3 is 0 Å². The van der Waals surface area contributed by atoms with Gasteiger partial charge in [0.2, 0.25) is 11.8 Å². The number of aliphatic hydroxyl groups is 1. The lowest BCUT2D eigenvalue weighted by molar-refractivity contribution is -0.129. The number of halogens is 1. The zero-order valence-electron chi connectivity index (χ0n) is 22.7. The summed E-state index contributed by atoms with van der Waals surface area (Å²) >= 11 is 3.75. The monoisotopic (exact) mass is 657 g/mol. The first-order valence-corrected chi connectivity index (χ1v) is 15.0. The fourth-order valence-electron chi connectivity index (χ4n) is 4.99. The maximum Gasteiger partial charge on any atom is 0.239 e. The van der Waals surface area contributed by atoms with Gasteiger partial charge in [-0.1, -0.05) is 60.2 Å². The molecule has 39 heavy (non-hydrogen) atoms. The summed E-state index contributed by atoms with van der Waals surface area (Å²) in [5.74, 6) is -0.170. The summed E-state index contributed by atoms with van der Waals surface area (Å²) in [6.45, 7) is 3.78. The van der Waals surface area contributed by atoms with Crippen molar-refractivity contribution in [2.75, 3.05) is 27.2 Å². The first kappa shape index (κ1) is 29.6. The Morgan fingerprint density at radius 1 is 1.10 bits per heavy atom. The van der Waals surface area contributed by atoms with Gasteiger partial charge in [0.15, 0.2) is 0 Å². The van der Waals surface area contributed by atoms with E-state index in [-0.39, 0.29) is 24.8 Å². The summed E-state index contributed by atoms with van der Waals surface area (Å²) in [6, 6.07) is 23.4. The molecular formula is C31H36IN3O3S. The lowest BCUT2D eigenvalue weighted by atomic mass is 9.90. The van der Waals surface area contributed by atoms with Crippen LogP contribution in [0.2, 0.25) is 0 Å². The fourth-order valence-corrected chi connectivity index (χ4v) is 7.29. The topological polar surface area (TPSA) is 72.9 Å². The molecule has 3 aromatic carbocycles. The largest absolute Gasteiger partial charge is 0.392 e. The van der Waals surface area contributed by atoms with E-state index in [1.165, 1.54) is 11.8 Å². The summed E-state index contributed by atoms with van der Waals surface area (Å²) in [5.41, 5.74) is 3.87. The van der Waals surface area contributed by atoms with Crippen molar-refractivity contribution < 1.29 is 14.7 Å². The van der Waals surface area contributed by atoms with Gasteiger partial charge in [-0.3, -0.25) is 9.59 Å². The van der Waals surface area contributed by atoms with Crippen LogP contribution in [-0.4, -0.2) is 58.7 Å². The second-order valence-corrected chi connectivity index (χ2v) is 12.9. The number of benzene rings is 3. The maximum absolute atomic E-state index is 14.3. The molecule has 0 aromatic heterocycles. The van der Waals surface area contributed by atoms with Gasteiger partial charge < -0.3 is 20.2 Å². The van der Waals surface area contributed by atoms with Crippen molar-refractivity contribution in [1.82, 2.24) is 15.1 Å². The molecule has 4 rings (SSSR count). The van der Waals surface area contributed by atoms with E-state index in [1.807, 2.05) is 98.7 Å². The van der Waals surface area contributed by atoms with Crippen molar-refractivity contribution in [3.63, 3.8) is 0 Å². The molecule has 3 aromatic rings. The summed E-state index contributed by atoms with van der Waals surface area (Å²) < 4.78 is -0.147. The van der Waals surface area contributed by atoms with Crippen LogP contribution in [0.3, 0.4) is 0 Å². The van der Waals surface area contributed by atoms with Crippen LogP contribution in [0.5, 0.6) is 0 Å². The molecule has 1 heterocycles. The molecule has 0 unspecified atom stereocenters. The average molecular weight is 658 g/mol. The van der Waals surface area contributed by atoms with E-state index < -0.39 is 10.8 Å². The van der Waals surface area contributed by atoms with Crippen LogP contribution >= 0.6 is 34.4 Å². The van der Waals surface area contributed by atoms with Gasteiger partial charge in [0.1, 0.15) is 4.75 Å². The van der Waals surface area contributed by atoms with E-state index in [0.717, 1.165) is 43.7 Å². The van der Waals surface area contributed by atoms with Crippen LogP contribution in [0.25, 0.3) is 0 Å². The van der Waals surface area contributed by atoms with Gasteiger partial charge in [0.25, 0.3) is 0 Å². The number of likely N-dealkylation sites (tertiary alicyclic amines) is 1. The zero-order chi connectivity index (χ0) is 28.0. The molecule has 1 fully saturated rings. The van der Waals surface area contributed by atoms with Crippen LogP contribution in [0, 0.1) is 10.5 Å². The van der Waals surface area contributed by atoms with E-state index in [9.17, 15) is 14.7 Å². The standard InChI is InChI=1S/C31H36IN3O3S/c1-22-10-13-25(14-11-22)39-31(30(38)33-16-7-17-34(2)3)19-28(37)35(20-23-8-5-4-6-9-23)29(31)26-15-12-24(21-36)18-27(26)32/h4-6,8-15,18,29,36H,7,16-17,19-21H2,1-3H3,(H,33,38)/t29-,31-/m1/s1. The number of aliphatic hydroxyl groups excluding tert-OH is 1. The number of carbonyl (C=O) groups excluding carboxylic acids is 2. The Hall–Kier alpha value is -2.40. The van der Waals surface area contributed by atoms with Crippen molar-refractivity contribution >= 4 is 46.2 Å². The molecule has 6 nitrogen and oxygen atoms in total. The average Bonchev–Trinajstić information content (AvgIpc) is 3.19. The second-order valence-electron chi connectivity index (χ2n) is 10.3. The van der Waals surface area contributed by atoms with Crippen molar-refractivity contribution in [2.45, 2.75) is 48.6 Å². The first-order chi connectivity index (χ1) is 18.7. The number of rotatable bonds is 11. The number of hydrogen-bond donors (Lipinski definition) is 2. The third kappa shape index (κ3) is 7.03. The molecule has 1 aliphatic heterocycles. The number of nitrogens with zero attached hydrogens (tertiary/aromatic N) is 2.